The van der Waals surface area contributed by atoms with Crippen molar-refractivity contribution in [2.75, 3.05) is 14.2 Å². The number of aromatic hydroxyl groups is 1. The molecular weight excluding hydrogens is 298 g/mol. The second kappa shape index (κ2) is 5.37. The van der Waals surface area contributed by atoms with Crippen LogP contribution in [0.3, 0.4) is 0 Å². The summed E-state index contributed by atoms with van der Waals surface area (Å²) in [6.07, 6.45) is 1.40. The monoisotopic (exact) mass is 309 g/mol. The molecule has 1 aliphatic heterocycles. The van der Waals surface area contributed by atoms with Crippen molar-refractivity contribution in [2.45, 2.75) is 0 Å². The largest absolute Gasteiger partial charge is 0.500 e. The number of benzene rings is 1. The Morgan fingerprint density at radius 3 is 2.67 bits per heavy atom. The summed E-state index contributed by atoms with van der Waals surface area (Å²) in [5.74, 6) is -0.977. The van der Waals surface area contributed by atoms with Gasteiger partial charge in [-0.1, -0.05) is 0 Å². The van der Waals surface area contributed by atoms with E-state index in [-0.39, 0.29) is 22.5 Å². The van der Waals surface area contributed by atoms with E-state index >= 15 is 0 Å². The van der Waals surface area contributed by atoms with Gasteiger partial charge in [0.2, 0.25) is 5.75 Å². The third kappa shape index (κ3) is 2.63. The van der Waals surface area contributed by atoms with Crippen molar-refractivity contribution in [3.05, 3.63) is 33.5 Å². The zero-order chi connectivity index (χ0) is 15.7. The minimum Gasteiger partial charge on any atom is -0.500 e. The first-order chi connectivity index (χ1) is 9.85. The molecule has 0 aliphatic carbocycles. The zero-order valence-electron chi connectivity index (χ0n) is 11.1. The van der Waals surface area contributed by atoms with E-state index in [1.165, 1.54) is 31.2 Å². The fourth-order valence-corrected chi connectivity index (χ4v) is 1.97. The van der Waals surface area contributed by atoms with Gasteiger partial charge in [0.1, 0.15) is 5.70 Å². The van der Waals surface area contributed by atoms with Crippen molar-refractivity contribution >= 4 is 35.0 Å². The average Bonchev–Trinajstić information content (AvgIpc) is 2.67. The number of nitrogens with zero attached hydrogens (tertiary/aromatic N) is 2. The summed E-state index contributed by atoms with van der Waals surface area (Å²) in [5.41, 5.74) is -0.00239. The van der Waals surface area contributed by atoms with Crippen LogP contribution in [0, 0.1) is 10.1 Å². The Morgan fingerprint density at radius 2 is 2.19 bits per heavy atom. The number of likely N-dealkylation sites (N-methyl/N-ethyl adjacent to an activating group) is 1. The Morgan fingerprint density at radius 1 is 1.52 bits per heavy atom. The van der Waals surface area contributed by atoms with Gasteiger partial charge in [-0.05, 0) is 29.9 Å². The number of nitro benzene ring substituents is 1. The highest BCUT2D eigenvalue weighted by molar-refractivity contribution is 7.80. The first-order valence-corrected chi connectivity index (χ1v) is 6.12. The van der Waals surface area contributed by atoms with E-state index in [1.54, 1.807) is 0 Å². The van der Waals surface area contributed by atoms with Gasteiger partial charge >= 0.3 is 5.69 Å². The summed E-state index contributed by atoms with van der Waals surface area (Å²) in [4.78, 5) is 23.3. The molecule has 1 aromatic rings. The maximum absolute atomic E-state index is 11.9. The van der Waals surface area contributed by atoms with Crippen LogP contribution < -0.4 is 10.1 Å². The topological polar surface area (TPSA) is 105 Å². The molecule has 1 amide bonds. The van der Waals surface area contributed by atoms with Gasteiger partial charge in [-0.3, -0.25) is 19.8 Å². The summed E-state index contributed by atoms with van der Waals surface area (Å²) < 4.78 is 4.88. The van der Waals surface area contributed by atoms with Crippen LogP contribution in [0.2, 0.25) is 0 Å². The Kier molecular flexibility index (Phi) is 3.76. The van der Waals surface area contributed by atoms with E-state index < -0.39 is 16.4 Å². The lowest BCUT2D eigenvalue weighted by Crippen LogP contribution is -2.25. The van der Waals surface area contributed by atoms with Crippen molar-refractivity contribution in [1.29, 1.82) is 0 Å². The van der Waals surface area contributed by atoms with Crippen LogP contribution in [0.15, 0.2) is 17.8 Å². The quantitative estimate of drug-likeness (QED) is 0.371. The molecule has 21 heavy (non-hydrogen) atoms. The maximum Gasteiger partial charge on any atom is 0.315 e. The van der Waals surface area contributed by atoms with E-state index in [1.807, 2.05) is 0 Å². The number of thiocarbonyl (C=S) groups is 1. The standard InChI is InChI=1S/C12H11N3O5S/c1-14-11(17)7(13-12(14)21)3-6-4-8(15(18)19)10(16)9(5-6)20-2/h3-5,16H,1-2H3,(H,13,21). The fourth-order valence-electron chi connectivity index (χ4n) is 1.78. The second-order valence-corrected chi connectivity index (χ2v) is 4.59. The summed E-state index contributed by atoms with van der Waals surface area (Å²) in [5, 5.41) is 23.5. The highest BCUT2D eigenvalue weighted by Crippen LogP contribution is 2.37. The number of hydrogen-bond donors (Lipinski definition) is 2. The van der Waals surface area contributed by atoms with Crippen LogP contribution >= 0.6 is 12.2 Å². The molecule has 1 aliphatic rings. The second-order valence-electron chi connectivity index (χ2n) is 4.20. The van der Waals surface area contributed by atoms with E-state index in [0.717, 1.165) is 6.07 Å². The molecule has 0 bridgehead atoms. The fraction of sp³-hybridized carbons (Fsp3) is 0.167. The minimum atomic E-state index is -0.736. The van der Waals surface area contributed by atoms with Gasteiger partial charge in [-0.2, -0.15) is 0 Å². The van der Waals surface area contributed by atoms with Crippen LogP contribution in [-0.2, 0) is 4.79 Å². The first kappa shape index (κ1) is 14.7. The predicted octanol–water partition coefficient (Wildman–Crippen LogP) is 0.996. The van der Waals surface area contributed by atoms with Crippen LogP contribution in [0.4, 0.5) is 5.69 Å². The van der Waals surface area contributed by atoms with Crippen molar-refractivity contribution < 1.29 is 19.6 Å². The van der Waals surface area contributed by atoms with Crippen molar-refractivity contribution in [1.82, 2.24) is 10.2 Å². The molecule has 0 spiro atoms. The zero-order valence-corrected chi connectivity index (χ0v) is 11.9. The molecule has 0 atom stereocenters. The van der Waals surface area contributed by atoms with Gasteiger partial charge in [-0.15, -0.1) is 0 Å². The normalized spacial score (nSPS) is 16.3. The number of methoxy groups -OCH3 is 1. The number of carbonyl (C=O) groups excluding carboxylic acids is 1. The number of hydrogen-bond acceptors (Lipinski definition) is 6. The lowest BCUT2D eigenvalue weighted by Gasteiger charge is -2.06. The van der Waals surface area contributed by atoms with Crippen LogP contribution in [0.1, 0.15) is 5.56 Å². The minimum absolute atomic E-state index is 0.0579. The number of ether oxygens (including phenoxy) is 1. The Balaban J connectivity index is 2.51. The van der Waals surface area contributed by atoms with E-state index in [0.29, 0.717) is 5.56 Å². The SMILES string of the molecule is COc1cc(C=C2NC(=S)N(C)C2=O)cc([N+](=O)[O-])c1O. The number of amides is 1. The van der Waals surface area contributed by atoms with Gasteiger partial charge in [0.05, 0.1) is 12.0 Å². The van der Waals surface area contributed by atoms with Crippen LogP contribution in [-0.4, -0.2) is 40.1 Å². The highest BCUT2D eigenvalue weighted by Gasteiger charge is 2.27. The molecule has 0 radical (unpaired) electrons. The van der Waals surface area contributed by atoms with Crippen LogP contribution in [0.5, 0.6) is 11.5 Å². The molecule has 1 heterocycles. The van der Waals surface area contributed by atoms with E-state index in [2.05, 4.69) is 5.32 Å². The average molecular weight is 309 g/mol. The first-order valence-electron chi connectivity index (χ1n) is 5.71. The summed E-state index contributed by atoms with van der Waals surface area (Å²) in [7, 11) is 2.79. The summed E-state index contributed by atoms with van der Waals surface area (Å²) in [6, 6.07) is 2.52. The van der Waals surface area contributed by atoms with Gasteiger partial charge in [0.15, 0.2) is 10.9 Å². The molecule has 0 aromatic heterocycles. The maximum atomic E-state index is 11.9. The van der Waals surface area contributed by atoms with Gasteiger partial charge in [0.25, 0.3) is 5.91 Å². The molecule has 0 saturated carbocycles. The molecule has 110 valence electrons. The van der Waals surface area contributed by atoms with E-state index in [4.69, 9.17) is 17.0 Å². The number of phenols is 1. The molecule has 2 rings (SSSR count). The Hall–Kier alpha value is -2.68. The Bertz CT molecular complexity index is 686. The molecule has 1 saturated heterocycles. The smallest absolute Gasteiger partial charge is 0.315 e. The summed E-state index contributed by atoms with van der Waals surface area (Å²) >= 11 is 4.93. The molecule has 9 heteroatoms. The van der Waals surface area contributed by atoms with E-state index in [9.17, 15) is 20.0 Å². The van der Waals surface area contributed by atoms with Crippen molar-refractivity contribution in [2.24, 2.45) is 0 Å². The number of carbonyl (C=O) groups is 1. The number of rotatable bonds is 3. The molecule has 8 nitrogen and oxygen atoms in total. The lowest BCUT2D eigenvalue weighted by molar-refractivity contribution is -0.386. The van der Waals surface area contributed by atoms with Crippen LogP contribution in [0.25, 0.3) is 6.08 Å². The van der Waals surface area contributed by atoms with Gasteiger partial charge in [0, 0.05) is 13.1 Å². The third-order valence-electron chi connectivity index (χ3n) is 2.89. The molecule has 1 aromatic carbocycles. The van der Waals surface area contributed by atoms with Gasteiger partial charge in [-0.25, -0.2) is 0 Å². The van der Waals surface area contributed by atoms with Crippen molar-refractivity contribution in [3.8, 4) is 11.5 Å². The highest BCUT2D eigenvalue weighted by atomic mass is 32.1. The molecule has 0 unspecified atom stereocenters. The summed E-state index contributed by atoms with van der Waals surface area (Å²) in [6.45, 7) is 0. The lowest BCUT2D eigenvalue weighted by atomic mass is 10.1. The van der Waals surface area contributed by atoms with Gasteiger partial charge < -0.3 is 15.2 Å². The molecule has 2 N–H and O–H groups in total. The predicted molar refractivity (Wildman–Crippen MR) is 77.8 cm³/mol. The Labute approximate surface area is 124 Å². The van der Waals surface area contributed by atoms with Crippen molar-refractivity contribution in [3.63, 3.8) is 0 Å². The molecular formula is C12H11N3O5S. The molecule has 1 fully saturated rings. The third-order valence-corrected chi connectivity index (χ3v) is 3.26. The number of nitrogens with one attached hydrogen (secondary N) is 1. The number of phenolic OH excluding ortho intramolecular Hbond substituents is 1. The number of nitro groups is 1.